The highest BCUT2D eigenvalue weighted by molar-refractivity contribution is 5.63. The molecule has 0 amide bonds. The third-order valence-electron chi connectivity index (χ3n) is 1.81. The van der Waals surface area contributed by atoms with E-state index in [-0.39, 0.29) is 5.82 Å². The Balaban J connectivity index is 0.000000791. The zero-order chi connectivity index (χ0) is 11.0. The topological polar surface area (TPSA) is 0 Å². The van der Waals surface area contributed by atoms with Gasteiger partial charge in [0, 0.05) is 0 Å². The Morgan fingerprint density at radius 3 is 2.14 bits per heavy atom. The predicted molar refractivity (Wildman–Crippen MR) is 61.7 cm³/mol. The average molecular weight is 194 g/mol. The van der Waals surface area contributed by atoms with Crippen LogP contribution in [-0.4, -0.2) is 0 Å². The number of allylic oxidation sites excluding steroid dienone is 2. The average Bonchev–Trinajstić information content (AvgIpc) is 2.22. The molecule has 78 valence electrons. The van der Waals surface area contributed by atoms with Gasteiger partial charge in [0.2, 0.25) is 0 Å². The van der Waals surface area contributed by atoms with Gasteiger partial charge in [0.25, 0.3) is 0 Å². The molecule has 0 aliphatic carbocycles. The molecule has 0 bridgehead atoms. The minimum absolute atomic E-state index is 0.178. The molecule has 0 fully saturated rings. The van der Waals surface area contributed by atoms with Gasteiger partial charge in [-0.05, 0) is 36.6 Å². The summed E-state index contributed by atoms with van der Waals surface area (Å²) >= 11 is 0. The fourth-order valence-electron chi connectivity index (χ4n) is 1.14. The third-order valence-corrected chi connectivity index (χ3v) is 1.81. The monoisotopic (exact) mass is 194 g/mol. The van der Waals surface area contributed by atoms with Crippen molar-refractivity contribution in [1.29, 1.82) is 0 Å². The maximum atomic E-state index is 12.5. The van der Waals surface area contributed by atoms with E-state index in [1.807, 2.05) is 20.8 Å². The van der Waals surface area contributed by atoms with Crippen LogP contribution in [0.1, 0.15) is 39.7 Å². The molecule has 0 radical (unpaired) electrons. The van der Waals surface area contributed by atoms with Gasteiger partial charge in [0.1, 0.15) is 5.82 Å². The molecular formula is C13H19F. The predicted octanol–water partition coefficient (Wildman–Crippen LogP) is 4.67. The van der Waals surface area contributed by atoms with Gasteiger partial charge in [-0.1, -0.05) is 39.0 Å². The van der Waals surface area contributed by atoms with Gasteiger partial charge >= 0.3 is 0 Å². The van der Waals surface area contributed by atoms with E-state index in [9.17, 15) is 4.39 Å². The fraction of sp³-hybridized carbons (Fsp3) is 0.385. The van der Waals surface area contributed by atoms with Crippen LogP contribution in [0, 0.1) is 5.82 Å². The van der Waals surface area contributed by atoms with Gasteiger partial charge in [-0.3, -0.25) is 0 Å². The van der Waals surface area contributed by atoms with Crippen molar-refractivity contribution in [2.24, 2.45) is 0 Å². The van der Waals surface area contributed by atoms with Crippen molar-refractivity contribution in [2.75, 3.05) is 0 Å². The molecule has 0 aliphatic heterocycles. The molecule has 0 aliphatic rings. The van der Waals surface area contributed by atoms with Crippen LogP contribution in [0.3, 0.4) is 0 Å². The van der Waals surface area contributed by atoms with Crippen molar-refractivity contribution in [3.05, 3.63) is 41.7 Å². The molecule has 0 atom stereocenters. The summed E-state index contributed by atoms with van der Waals surface area (Å²) < 4.78 is 12.5. The Morgan fingerprint density at radius 1 is 1.21 bits per heavy atom. The van der Waals surface area contributed by atoms with Crippen LogP contribution in [0.4, 0.5) is 4.39 Å². The maximum absolute atomic E-state index is 12.5. The Bertz CT molecular complexity index is 270. The number of halogens is 1. The first-order valence-electron chi connectivity index (χ1n) is 5.16. The first-order chi connectivity index (χ1) is 6.74. The molecule has 0 spiro atoms. The molecule has 1 aromatic carbocycles. The van der Waals surface area contributed by atoms with E-state index in [2.05, 4.69) is 13.0 Å². The lowest BCUT2D eigenvalue weighted by molar-refractivity contribution is 0.627. The summed E-state index contributed by atoms with van der Waals surface area (Å²) in [7, 11) is 0. The molecule has 0 N–H and O–H groups in total. The van der Waals surface area contributed by atoms with Crippen LogP contribution >= 0.6 is 0 Å². The molecule has 0 saturated carbocycles. The summed E-state index contributed by atoms with van der Waals surface area (Å²) in [5.41, 5.74) is 2.30. The SMILES string of the molecule is CC.CC/C=C(\C)c1ccc(F)cc1. The second-order valence-corrected chi connectivity index (χ2v) is 2.80. The number of hydrogen-bond donors (Lipinski definition) is 0. The highest BCUT2D eigenvalue weighted by Gasteiger charge is 1.94. The van der Waals surface area contributed by atoms with E-state index in [0.717, 1.165) is 12.0 Å². The van der Waals surface area contributed by atoms with Crippen molar-refractivity contribution in [1.82, 2.24) is 0 Å². The minimum Gasteiger partial charge on any atom is -0.207 e. The minimum atomic E-state index is -0.178. The van der Waals surface area contributed by atoms with Crippen LogP contribution < -0.4 is 0 Å². The third kappa shape index (κ3) is 4.22. The van der Waals surface area contributed by atoms with Crippen LogP contribution in [-0.2, 0) is 0 Å². The molecule has 1 rings (SSSR count). The number of rotatable bonds is 2. The summed E-state index contributed by atoms with van der Waals surface area (Å²) in [6.45, 7) is 8.13. The molecule has 0 heterocycles. The molecule has 1 heteroatoms. The van der Waals surface area contributed by atoms with Crippen molar-refractivity contribution in [3.63, 3.8) is 0 Å². The van der Waals surface area contributed by atoms with Crippen molar-refractivity contribution in [3.8, 4) is 0 Å². The van der Waals surface area contributed by atoms with Gasteiger partial charge in [-0.25, -0.2) is 4.39 Å². The number of hydrogen-bond acceptors (Lipinski definition) is 0. The van der Waals surface area contributed by atoms with Crippen LogP contribution in [0.2, 0.25) is 0 Å². The van der Waals surface area contributed by atoms with Gasteiger partial charge in [-0.15, -0.1) is 0 Å². The quantitative estimate of drug-likeness (QED) is 0.642. The van der Waals surface area contributed by atoms with Crippen molar-refractivity contribution < 1.29 is 4.39 Å². The normalized spacial score (nSPS) is 10.5. The molecule has 0 saturated heterocycles. The molecule has 1 aromatic rings. The van der Waals surface area contributed by atoms with E-state index >= 15 is 0 Å². The molecule has 0 unspecified atom stereocenters. The lowest BCUT2D eigenvalue weighted by atomic mass is 10.1. The summed E-state index contributed by atoms with van der Waals surface area (Å²) in [6, 6.07) is 6.58. The number of benzene rings is 1. The van der Waals surface area contributed by atoms with Gasteiger partial charge < -0.3 is 0 Å². The van der Waals surface area contributed by atoms with Crippen LogP contribution in [0.5, 0.6) is 0 Å². The lowest BCUT2D eigenvalue weighted by Gasteiger charge is -1.99. The first kappa shape index (κ1) is 12.9. The second-order valence-electron chi connectivity index (χ2n) is 2.80. The zero-order valence-electron chi connectivity index (χ0n) is 9.47. The van der Waals surface area contributed by atoms with E-state index in [4.69, 9.17) is 0 Å². The smallest absolute Gasteiger partial charge is 0.123 e. The largest absolute Gasteiger partial charge is 0.207 e. The van der Waals surface area contributed by atoms with Gasteiger partial charge in [-0.2, -0.15) is 0 Å². The fourth-order valence-corrected chi connectivity index (χ4v) is 1.14. The van der Waals surface area contributed by atoms with Gasteiger partial charge in [0.15, 0.2) is 0 Å². The van der Waals surface area contributed by atoms with E-state index in [1.165, 1.54) is 17.7 Å². The summed E-state index contributed by atoms with van der Waals surface area (Å²) in [5.74, 6) is -0.178. The molecule has 0 aromatic heterocycles. The second kappa shape index (κ2) is 7.31. The lowest BCUT2D eigenvalue weighted by Crippen LogP contribution is -1.79. The zero-order valence-corrected chi connectivity index (χ0v) is 9.47. The van der Waals surface area contributed by atoms with Crippen molar-refractivity contribution >= 4 is 5.57 Å². The summed E-state index contributed by atoms with van der Waals surface area (Å²) in [6.07, 6.45) is 3.15. The van der Waals surface area contributed by atoms with Crippen LogP contribution in [0.25, 0.3) is 5.57 Å². The summed E-state index contributed by atoms with van der Waals surface area (Å²) in [5, 5.41) is 0. The first-order valence-corrected chi connectivity index (χ1v) is 5.16. The Labute approximate surface area is 86.5 Å². The van der Waals surface area contributed by atoms with Gasteiger partial charge in [0.05, 0.1) is 0 Å². The van der Waals surface area contributed by atoms with Crippen LogP contribution in [0.15, 0.2) is 30.3 Å². The highest BCUT2D eigenvalue weighted by Crippen LogP contribution is 2.14. The molecule has 14 heavy (non-hydrogen) atoms. The molecular weight excluding hydrogens is 175 g/mol. The standard InChI is InChI=1S/C11H13F.C2H6/c1-3-4-9(2)10-5-7-11(12)8-6-10;1-2/h4-8H,3H2,1-2H3;1-2H3/b9-4+;. The Hall–Kier alpha value is -1.11. The van der Waals surface area contributed by atoms with Crippen molar-refractivity contribution in [2.45, 2.75) is 34.1 Å². The highest BCUT2D eigenvalue weighted by atomic mass is 19.1. The van der Waals surface area contributed by atoms with E-state index < -0.39 is 0 Å². The van der Waals surface area contributed by atoms with E-state index in [1.54, 1.807) is 12.1 Å². The maximum Gasteiger partial charge on any atom is 0.123 e. The molecule has 0 nitrogen and oxygen atoms in total. The Morgan fingerprint density at radius 2 is 1.71 bits per heavy atom. The Kier molecular flexibility index (Phi) is 6.73. The van der Waals surface area contributed by atoms with E-state index in [0.29, 0.717) is 0 Å². The summed E-state index contributed by atoms with van der Waals surface area (Å²) in [4.78, 5) is 0.